The number of hydrogen-bond acceptors (Lipinski definition) is 3. The lowest BCUT2D eigenvalue weighted by molar-refractivity contribution is 0.494. The minimum atomic E-state index is 0.198. The van der Waals surface area contributed by atoms with Gasteiger partial charge in [0, 0.05) is 30.9 Å². The molecule has 3 heteroatoms. The largest absolute Gasteiger partial charge is 0.372 e. The zero-order valence-corrected chi connectivity index (χ0v) is 14.5. The van der Waals surface area contributed by atoms with Crippen molar-refractivity contribution in [2.75, 3.05) is 18.0 Å². The Morgan fingerprint density at radius 2 is 1.58 bits per heavy atom. The van der Waals surface area contributed by atoms with E-state index in [-0.39, 0.29) is 12.1 Å². The van der Waals surface area contributed by atoms with Crippen LogP contribution in [0.1, 0.15) is 55.5 Å². The lowest BCUT2D eigenvalue weighted by Crippen LogP contribution is -2.23. The first-order valence-corrected chi connectivity index (χ1v) is 8.78. The lowest BCUT2D eigenvalue weighted by atomic mass is 10.0. The molecule has 2 aromatic rings. The SMILES string of the molecule is CC(NC(C)c1cccc(N2CCCC2)c1)c1cccc(C#N)c1. The van der Waals surface area contributed by atoms with E-state index in [1.165, 1.54) is 37.2 Å². The monoisotopic (exact) mass is 319 g/mol. The van der Waals surface area contributed by atoms with E-state index in [0.29, 0.717) is 5.56 Å². The second kappa shape index (κ2) is 7.51. The topological polar surface area (TPSA) is 39.1 Å². The molecule has 2 aromatic carbocycles. The summed E-state index contributed by atoms with van der Waals surface area (Å²) < 4.78 is 0. The van der Waals surface area contributed by atoms with Gasteiger partial charge in [-0.25, -0.2) is 0 Å². The molecule has 0 aromatic heterocycles. The van der Waals surface area contributed by atoms with Crippen molar-refractivity contribution in [3.8, 4) is 6.07 Å². The predicted octanol–water partition coefficient (Wildman–Crippen LogP) is 4.57. The Bertz CT molecular complexity index is 726. The molecule has 3 nitrogen and oxygen atoms in total. The maximum atomic E-state index is 9.06. The van der Waals surface area contributed by atoms with Gasteiger partial charge in [-0.1, -0.05) is 24.3 Å². The first-order chi connectivity index (χ1) is 11.7. The average molecular weight is 319 g/mol. The van der Waals surface area contributed by atoms with Crippen LogP contribution in [0.5, 0.6) is 0 Å². The van der Waals surface area contributed by atoms with Gasteiger partial charge in [0.25, 0.3) is 0 Å². The van der Waals surface area contributed by atoms with Crippen LogP contribution in [0.2, 0.25) is 0 Å². The second-order valence-electron chi connectivity index (χ2n) is 6.64. The Balaban J connectivity index is 1.71. The van der Waals surface area contributed by atoms with Crippen molar-refractivity contribution < 1.29 is 0 Å². The van der Waals surface area contributed by atoms with E-state index in [2.05, 4.69) is 60.5 Å². The number of nitrogens with one attached hydrogen (secondary N) is 1. The average Bonchev–Trinajstić information content (AvgIpc) is 3.16. The molecule has 2 atom stereocenters. The van der Waals surface area contributed by atoms with Crippen LogP contribution < -0.4 is 10.2 Å². The fraction of sp³-hybridized carbons (Fsp3) is 0.381. The Labute approximate surface area is 144 Å². The highest BCUT2D eigenvalue weighted by molar-refractivity contribution is 5.50. The molecule has 1 aliphatic heterocycles. The summed E-state index contributed by atoms with van der Waals surface area (Å²) in [6.45, 7) is 6.69. The molecule has 0 saturated carbocycles. The van der Waals surface area contributed by atoms with Crippen molar-refractivity contribution in [2.45, 2.75) is 38.8 Å². The van der Waals surface area contributed by atoms with Gasteiger partial charge < -0.3 is 10.2 Å². The third kappa shape index (κ3) is 3.77. The second-order valence-corrected chi connectivity index (χ2v) is 6.64. The highest BCUT2D eigenvalue weighted by Crippen LogP contribution is 2.25. The maximum Gasteiger partial charge on any atom is 0.0991 e. The minimum Gasteiger partial charge on any atom is -0.372 e. The quantitative estimate of drug-likeness (QED) is 0.877. The first-order valence-electron chi connectivity index (χ1n) is 8.78. The van der Waals surface area contributed by atoms with Gasteiger partial charge in [0.2, 0.25) is 0 Å². The van der Waals surface area contributed by atoms with Gasteiger partial charge in [0.15, 0.2) is 0 Å². The number of benzene rings is 2. The molecular weight excluding hydrogens is 294 g/mol. The molecule has 1 N–H and O–H groups in total. The molecule has 0 aliphatic carbocycles. The number of nitrogens with zero attached hydrogens (tertiary/aromatic N) is 2. The van der Waals surface area contributed by atoms with Crippen LogP contribution in [0.25, 0.3) is 0 Å². The Hall–Kier alpha value is -2.31. The molecule has 0 spiro atoms. The molecule has 0 bridgehead atoms. The number of rotatable bonds is 5. The summed E-state index contributed by atoms with van der Waals surface area (Å²) in [6.07, 6.45) is 2.59. The number of nitriles is 1. The van der Waals surface area contributed by atoms with E-state index < -0.39 is 0 Å². The van der Waals surface area contributed by atoms with Crippen molar-refractivity contribution in [3.63, 3.8) is 0 Å². The van der Waals surface area contributed by atoms with Crippen molar-refractivity contribution >= 4 is 5.69 Å². The molecule has 1 heterocycles. The summed E-state index contributed by atoms with van der Waals surface area (Å²) in [5.74, 6) is 0. The lowest BCUT2D eigenvalue weighted by Gasteiger charge is -2.23. The summed E-state index contributed by atoms with van der Waals surface area (Å²) >= 11 is 0. The van der Waals surface area contributed by atoms with Crippen LogP contribution in [0.15, 0.2) is 48.5 Å². The molecule has 1 saturated heterocycles. The molecule has 124 valence electrons. The van der Waals surface area contributed by atoms with Crippen molar-refractivity contribution in [2.24, 2.45) is 0 Å². The summed E-state index contributed by atoms with van der Waals surface area (Å²) in [5, 5.41) is 12.7. The molecule has 3 rings (SSSR count). The Kier molecular flexibility index (Phi) is 5.17. The summed E-state index contributed by atoms with van der Waals surface area (Å²) in [5.41, 5.74) is 4.50. The van der Waals surface area contributed by atoms with Crippen LogP contribution in [0, 0.1) is 11.3 Å². The highest BCUT2D eigenvalue weighted by atomic mass is 15.1. The third-order valence-corrected chi connectivity index (χ3v) is 4.86. The first kappa shape index (κ1) is 16.5. The molecule has 0 amide bonds. The molecule has 1 aliphatic rings. The zero-order valence-electron chi connectivity index (χ0n) is 14.5. The van der Waals surface area contributed by atoms with Gasteiger partial charge >= 0.3 is 0 Å². The van der Waals surface area contributed by atoms with E-state index in [4.69, 9.17) is 5.26 Å². The van der Waals surface area contributed by atoms with Gasteiger partial charge in [-0.15, -0.1) is 0 Å². The van der Waals surface area contributed by atoms with E-state index >= 15 is 0 Å². The van der Waals surface area contributed by atoms with Crippen LogP contribution in [0.3, 0.4) is 0 Å². The van der Waals surface area contributed by atoms with Crippen molar-refractivity contribution in [1.82, 2.24) is 5.32 Å². The standard InChI is InChI=1S/C21H25N3/c1-16(19-8-5-7-18(13-19)15-22)23-17(2)20-9-6-10-21(14-20)24-11-3-4-12-24/h5-10,13-14,16-17,23H,3-4,11-12H2,1-2H3. The third-order valence-electron chi connectivity index (χ3n) is 4.86. The van der Waals surface area contributed by atoms with E-state index in [9.17, 15) is 0 Å². The molecule has 1 fully saturated rings. The molecule has 2 unspecified atom stereocenters. The molecular formula is C21H25N3. The smallest absolute Gasteiger partial charge is 0.0991 e. The van der Waals surface area contributed by atoms with Gasteiger partial charge in [-0.2, -0.15) is 5.26 Å². The van der Waals surface area contributed by atoms with Gasteiger partial charge in [-0.3, -0.25) is 0 Å². The normalized spacial score (nSPS) is 16.6. The van der Waals surface area contributed by atoms with Gasteiger partial charge in [0.1, 0.15) is 0 Å². The van der Waals surface area contributed by atoms with Crippen molar-refractivity contribution in [3.05, 3.63) is 65.2 Å². The predicted molar refractivity (Wildman–Crippen MR) is 99.0 cm³/mol. The molecule has 0 radical (unpaired) electrons. The summed E-state index contributed by atoms with van der Waals surface area (Å²) in [7, 11) is 0. The van der Waals surface area contributed by atoms with E-state index in [0.717, 1.165) is 5.56 Å². The minimum absolute atomic E-state index is 0.198. The fourth-order valence-electron chi connectivity index (χ4n) is 3.41. The van der Waals surface area contributed by atoms with Crippen LogP contribution in [0.4, 0.5) is 5.69 Å². The zero-order chi connectivity index (χ0) is 16.9. The van der Waals surface area contributed by atoms with Crippen molar-refractivity contribution in [1.29, 1.82) is 5.26 Å². The Morgan fingerprint density at radius 3 is 2.25 bits per heavy atom. The highest BCUT2D eigenvalue weighted by Gasteiger charge is 2.15. The van der Waals surface area contributed by atoms with Crippen LogP contribution in [-0.4, -0.2) is 13.1 Å². The Morgan fingerprint density at radius 1 is 0.958 bits per heavy atom. The van der Waals surface area contributed by atoms with E-state index in [1.807, 2.05) is 18.2 Å². The van der Waals surface area contributed by atoms with Crippen LogP contribution in [-0.2, 0) is 0 Å². The maximum absolute atomic E-state index is 9.06. The van der Waals surface area contributed by atoms with Gasteiger partial charge in [-0.05, 0) is 62.1 Å². The molecule has 24 heavy (non-hydrogen) atoms. The van der Waals surface area contributed by atoms with E-state index in [1.54, 1.807) is 0 Å². The number of hydrogen-bond donors (Lipinski definition) is 1. The summed E-state index contributed by atoms with van der Waals surface area (Å²) in [6, 6.07) is 19.4. The number of anilines is 1. The fourth-order valence-corrected chi connectivity index (χ4v) is 3.41. The summed E-state index contributed by atoms with van der Waals surface area (Å²) in [4.78, 5) is 2.47. The van der Waals surface area contributed by atoms with Crippen LogP contribution >= 0.6 is 0 Å². The van der Waals surface area contributed by atoms with Gasteiger partial charge in [0.05, 0.1) is 11.6 Å².